The molecule has 3 rings (SSSR count). The van der Waals surface area contributed by atoms with Gasteiger partial charge in [0.05, 0.1) is 29.0 Å². The zero-order valence-corrected chi connectivity index (χ0v) is 16.6. The molecule has 1 saturated carbocycles. The van der Waals surface area contributed by atoms with Gasteiger partial charge in [-0.15, -0.1) is 23.2 Å². The Kier molecular flexibility index (Phi) is 4.17. The number of likely N-dealkylation sites (tertiary alicyclic amines) is 1. The molecule has 3 aliphatic rings. The number of fused-ring (bicyclic) bond motifs is 5. The lowest BCUT2D eigenvalue weighted by atomic mass is 9.84. The summed E-state index contributed by atoms with van der Waals surface area (Å²) < 4.78 is 2.59. The van der Waals surface area contributed by atoms with Crippen molar-refractivity contribution in [1.82, 2.24) is 4.90 Å². The number of amides is 2. The number of allylic oxidation sites excluding steroid dienone is 2. The molecule has 11 heteroatoms. The van der Waals surface area contributed by atoms with Crippen molar-refractivity contribution in [1.29, 1.82) is 0 Å². The maximum atomic E-state index is 12.8. The molecule has 0 aromatic heterocycles. The van der Waals surface area contributed by atoms with Gasteiger partial charge in [0.25, 0.3) is 0 Å². The molecule has 2 fully saturated rings. The lowest BCUT2D eigenvalue weighted by Crippen LogP contribution is -2.52. The van der Waals surface area contributed by atoms with Gasteiger partial charge in [-0.05, 0) is 6.92 Å². The third kappa shape index (κ3) is 1.70. The number of hydrogen-bond acceptors (Lipinski definition) is 4. The number of rotatable bonds is 2. The molecule has 2 bridgehead atoms. The van der Waals surface area contributed by atoms with Crippen molar-refractivity contribution in [3.63, 3.8) is 0 Å². The third-order valence-corrected chi connectivity index (χ3v) is 9.13. The highest BCUT2D eigenvalue weighted by Crippen LogP contribution is 2.77. The van der Waals surface area contributed by atoms with Gasteiger partial charge in [0.2, 0.25) is 11.8 Å². The Hall–Kier alpha value is 0.0900. The van der Waals surface area contributed by atoms with Crippen LogP contribution in [0.1, 0.15) is 6.92 Å². The van der Waals surface area contributed by atoms with Crippen molar-refractivity contribution in [2.45, 2.75) is 27.0 Å². The van der Waals surface area contributed by atoms with Crippen molar-refractivity contribution in [2.24, 2.45) is 11.8 Å². The zero-order valence-electron chi connectivity index (χ0n) is 12.1. The molecule has 132 valence electrons. The SMILES string of the molecule is COC(=O)C(C)N1C(=O)C2C(C1=O)C1(Cl)C(Cl)=C(Cl)C2(Cl)C1(Cl)Cl. The van der Waals surface area contributed by atoms with Crippen LogP contribution in [-0.4, -0.2) is 49.9 Å². The highest BCUT2D eigenvalue weighted by Gasteiger charge is 2.87. The fourth-order valence-corrected chi connectivity index (χ4v) is 6.60. The Morgan fingerprint density at radius 3 is 1.75 bits per heavy atom. The van der Waals surface area contributed by atoms with Crippen LogP contribution in [0.2, 0.25) is 0 Å². The lowest BCUT2D eigenvalue weighted by Gasteiger charge is -2.35. The first kappa shape index (κ1) is 18.9. The topological polar surface area (TPSA) is 63.7 Å². The summed E-state index contributed by atoms with van der Waals surface area (Å²) >= 11 is 38.0. The molecule has 2 aliphatic carbocycles. The second kappa shape index (κ2) is 5.30. The largest absolute Gasteiger partial charge is 0.467 e. The molecule has 1 aliphatic heterocycles. The monoisotopic (exact) mass is 453 g/mol. The third-order valence-electron chi connectivity index (χ3n) is 4.87. The van der Waals surface area contributed by atoms with Gasteiger partial charge in [-0.3, -0.25) is 14.5 Å². The van der Waals surface area contributed by atoms with Crippen molar-refractivity contribution in [3.05, 3.63) is 10.1 Å². The Morgan fingerprint density at radius 1 is 1.04 bits per heavy atom. The quantitative estimate of drug-likeness (QED) is 0.365. The van der Waals surface area contributed by atoms with Gasteiger partial charge in [-0.1, -0.05) is 46.4 Å². The summed E-state index contributed by atoms with van der Waals surface area (Å²) in [5.41, 5.74) is 0. The van der Waals surface area contributed by atoms with Crippen LogP contribution >= 0.6 is 69.6 Å². The van der Waals surface area contributed by atoms with E-state index in [2.05, 4.69) is 4.74 Å². The van der Waals surface area contributed by atoms with E-state index in [0.29, 0.717) is 0 Å². The molecule has 5 atom stereocenters. The Labute approximate surface area is 167 Å². The second-order valence-electron chi connectivity index (χ2n) is 5.83. The van der Waals surface area contributed by atoms with Crippen LogP contribution in [0.3, 0.4) is 0 Å². The molecule has 1 saturated heterocycles. The van der Waals surface area contributed by atoms with E-state index in [1.165, 1.54) is 6.92 Å². The van der Waals surface area contributed by atoms with E-state index in [0.717, 1.165) is 12.0 Å². The minimum Gasteiger partial charge on any atom is -0.467 e. The van der Waals surface area contributed by atoms with E-state index in [1.807, 2.05) is 0 Å². The molecule has 2 amide bonds. The van der Waals surface area contributed by atoms with E-state index in [4.69, 9.17) is 69.6 Å². The average molecular weight is 456 g/mol. The number of methoxy groups -OCH3 is 1. The fraction of sp³-hybridized carbons (Fsp3) is 0.615. The van der Waals surface area contributed by atoms with Crippen LogP contribution in [0.5, 0.6) is 0 Å². The van der Waals surface area contributed by atoms with Crippen LogP contribution < -0.4 is 0 Å². The second-order valence-corrected chi connectivity index (χ2v) is 9.10. The standard InChI is InChI=1S/C13H9Cl6NO4/c1-3(10(23)24-2)20-8(21)4-5(9(20)22)12(17)7(15)6(14)11(4,16)13(12,18)19/h3-5H,1-2H3. The molecule has 1 heterocycles. The maximum absolute atomic E-state index is 12.8. The predicted octanol–water partition coefficient (Wildman–Crippen LogP) is 2.99. The van der Waals surface area contributed by atoms with Crippen molar-refractivity contribution in [3.8, 4) is 0 Å². The first-order valence-corrected chi connectivity index (χ1v) is 8.94. The van der Waals surface area contributed by atoms with Crippen LogP contribution in [0.4, 0.5) is 0 Å². The normalized spacial score (nSPS) is 41.1. The number of alkyl halides is 4. The highest BCUT2D eigenvalue weighted by molar-refractivity contribution is 6.66. The molecule has 0 aromatic rings. The summed E-state index contributed by atoms with van der Waals surface area (Å²) in [6.45, 7) is 1.34. The molecule has 5 unspecified atom stereocenters. The average Bonchev–Trinajstić information content (AvgIpc) is 2.91. The number of ether oxygens (including phenoxy) is 1. The molecule has 0 radical (unpaired) electrons. The summed E-state index contributed by atoms with van der Waals surface area (Å²) in [6.07, 6.45) is 0. The van der Waals surface area contributed by atoms with E-state index in [1.54, 1.807) is 0 Å². The lowest BCUT2D eigenvalue weighted by molar-refractivity contribution is -0.156. The van der Waals surface area contributed by atoms with Crippen LogP contribution in [0.15, 0.2) is 10.1 Å². The molecule has 0 N–H and O–H groups in total. The van der Waals surface area contributed by atoms with Gasteiger partial charge < -0.3 is 4.74 Å². The first-order chi connectivity index (χ1) is 10.9. The molecular weight excluding hydrogens is 447 g/mol. The van der Waals surface area contributed by atoms with E-state index >= 15 is 0 Å². The summed E-state index contributed by atoms with van der Waals surface area (Å²) in [5, 5.41) is -0.360. The zero-order chi connectivity index (χ0) is 18.4. The van der Waals surface area contributed by atoms with Gasteiger partial charge in [0, 0.05) is 0 Å². The number of esters is 1. The number of carbonyl (C=O) groups is 3. The minimum absolute atomic E-state index is 0.180. The van der Waals surface area contributed by atoms with Crippen LogP contribution in [0.25, 0.3) is 0 Å². The smallest absolute Gasteiger partial charge is 0.328 e. The number of hydrogen-bond donors (Lipinski definition) is 0. The van der Waals surface area contributed by atoms with Crippen LogP contribution in [-0.2, 0) is 19.1 Å². The molecule has 0 aromatic carbocycles. The van der Waals surface area contributed by atoms with Crippen LogP contribution in [0, 0.1) is 11.8 Å². The van der Waals surface area contributed by atoms with Crippen molar-refractivity contribution >= 4 is 87.4 Å². The predicted molar refractivity (Wildman–Crippen MR) is 90.6 cm³/mol. The summed E-state index contributed by atoms with van der Waals surface area (Å²) in [6, 6.07) is -1.17. The summed E-state index contributed by atoms with van der Waals surface area (Å²) in [7, 11) is 1.14. The molecule has 5 nitrogen and oxygen atoms in total. The number of nitrogens with zero attached hydrogens (tertiary/aromatic N) is 1. The Bertz CT molecular complexity index is 677. The van der Waals surface area contributed by atoms with E-state index in [9.17, 15) is 14.4 Å². The van der Waals surface area contributed by atoms with Gasteiger partial charge in [0.1, 0.15) is 15.8 Å². The summed E-state index contributed by atoms with van der Waals surface area (Å²) in [5.74, 6) is -4.78. The van der Waals surface area contributed by atoms with E-state index in [-0.39, 0.29) is 10.1 Å². The molecular formula is C13H9Cl6NO4. The molecule has 0 spiro atoms. The Balaban J connectivity index is 2.17. The summed E-state index contributed by atoms with van der Waals surface area (Å²) in [4.78, 5) is 34.4. The first-order valence-electron chi connectivity index (χ1n) is 6.67. The van der Waals surface area contributed by atoms with Gasteiger partial charge in [-0.2, -0.15) is 0 Å². The van der Waals surface area contributed by atoms with Crippen molar-refractivity contribution < 1.29 is 19.1 Å². The number of imide groups is 1. The maximum Gasteiger partial charge on any atom is 0.328 e. The van der Waals surface area contributed by atoms with Gasteiger partial charge in [-0.25, -0.2) is 4.79 Å². The fourth-order valence-electron chi connectivity index (χ4n) is 3.67. The molecule has 24 heavy (non-hydrogen) atoms. The van der Waals surface area contributed by atoms with Gasteiger partial charge >= 0.3 is 5.97 Å². The van der Waals surface area contributed by atoms with Crippen molar-refractivity contribution in [2.75, 3.05) is 7.11 Å². The minimum atomic E-state index is -1.99. The number of carbonyl (C=O) groups excluding carboxylic acids is 3. The highest BCUT2D eigenvalue weighted by atomic mass is 35.5. The van der Waals surface area contributed by atoms with E-state index < -0.39 is 49.7 Å². The Morgan fingerprint density at radius 2 is 1.42 bits per heavy atom. The number of halogens is 6. The van der Waals surface area contributed by atoms with Gasteiger partial charge in [0.15, 0.2) is 4.33 Å².